The summed E-state index contributed by atoms with van der Waals surface area (Å²) in [5, 5.41) is 2.92. The van der Waals surface area contributed by atoms with Gasteiger partial charge in [-0.25, -0.2) is 4.98 Å². The quantitative estimate of drug-likeness (QED) is 0.596. The van der Waals surface area contributed by atoms with Crippen LogP contribution in [0.25, 0.3) is 11.0 Å². The normalized spacial score (nSPS) is 15.2. The van der Waals surface area contributed by atoms with Gasteiger partial charge < -0.3 is 5.32 Å². The van der Waals surface area contributed by atoms with Crippen molar-refractivity contribution in [3.05, 3.63) is 65.0 Å². The number of hydrogen-bond donors (Lipinski definition) is 1. The van der Waals surface area contributed by atoms with Crippen molar-refractivity contribution in [1.29, 1.82) is 0 Å². The van der Waals surface area contributed by atoms with Gasteiger partial charge in [0.25, 0.3) is 5.56 Å². The number of nitrogens with zero attached hydrogens (tertiary/aromatic N) is 3. The minimum absolute atomic E-state index is 0.0516. The number of aromatic nitrogens is 2. The van der Waals surface area contributed by atoms with E-state index >= 15 is 0 Å². The Morgan fingerprint density at radius 1 is 1.06 bits per heavy atom. The maximum atomic E-state index is 13.9. The van der Waals surface area contributed by atoms with Crippen molar-refractivity contribution in [3.8, 4) is 0 Å². The molecule has 1 fully saturated rings. The molecule has 172 valence electrons. The molecule has 1 N–H and O–H groups in total. The fourth-order valence-electron chi connectivity index (χ4n) is 4.76. The summed E-state index contributed by atoms with van der Waals surface area (Å²) in [5.41, 5.74) is 1.42. The van der Waals surface area contributed by atoms with Gasteiger partial charge in [0.1, 0.15) is 6.04 Å². The molecule has 4 rings (SSSR count). The first kappa shape index (κ1) is 22.7. The Morgan fingerprint density at radius 2 is 1.73 bits per heavy atom. The highest BCUT2D eigenvalue weighted by Crippen LogP contribution is 2.27. The first-order chi connectivity index (χ1) is 16.0. The Morgan fingerprint density at radius 3 is 2.39 bits per heavy atom. The number of amides is 2. The molecule has 1 aliphatic carbocycles. The van der Waals surface area contributed by atoms with Crippen LogP contribution in [0.15, 0.2) is 59.4 Å². The van der Waals surface area contributed by atoms with Gasteiger partial charge in [-0.3, -0.25) is 23.9 Å². The molecule has 1 aliphatic rings. The zero-order valence-electron chi connectivity index (χ0n) is 19.2. The molecule has 3 aromatic rings. The van der Waals surface area contributed by atoms with Crippen molar-refractivity contribution in [3.63, 3.8) is 0 Å². The summed E-state index contributed by atoms with van der Waals surface area (Å²) in [6.45, 7) is 3.36. The predicted octanol–water partition coefficient (Wildman–Crippen LogP) is 4.67. The number of hydrogen-bond acceptors (Lipinski definition) is 4. The van der Waals surface area contributed by atoms with Gasteiger partial charge in [-0.05, 0) is 43.5 Å². The van der Waals surface area contributed by atoms with Gasteiger partial charge in [0.15, 0.2) is 0 Å². The average molecular weight is 447 g/mol. The molecular weight excluding hydrogens is 416 g/mol. The molecule has 0 bridgehead atoms. The molecule has 0 unspecified atom stereocenters. The Balaban J connectivity index is 1.84. The van der Waals surface area contributed by atoms with Crippen LogP contribution in [0, 0.1) is 0 Å². The first-order valence-corrected chi connectivity index (χ1v) is 11.7. The van der Waals surface area contributed by atoms with Crippen LogP contribution in [0.1, 0.15) is 58.4 Å². The van der Waals surface area contributed by atoms with Crippen molar-refractivity contribution in [2.24, 2.45) is 0 Å². The molecule has 7 heteroatoms. The molecule has 1 heterocycles. The number of benzene rings is 2. The third-order valence-electron chi connectivity index (χ3n) is 6.33. The largest absolute Gasteiger partial charge is 0.324 e. The second-order valence-corrected chi connectivity index (χ2v) is 8.56. The van der Waals surface area contributed by atoms with Crippen molar-refractivity contribution in [2.45, 2.75) is 64.5 Å². The Labute approximate surface area is 193 Å². The molecule has 0 aliphatic heterocycles. The molecule has 7 nitrogen and oxygen atoms in total. The Bertz CT molecular complexity index is 1200. The van der Waals surface area contributed by atoms with Crippen molar-refractivity contribution in [1.82, 2.24) is 9.55 Å². The lowest BCUT2D eigenvalue weighted by Gasteiger charge is -2.33. The van der Waals surface area contributed by atoms with Crippen LogP contribution >= 0.6 is 0 Å². The first-order valence-electron chi connectivity index (χ1n) is 11.7. The molecule has 1 atom stereocenters. The molecule has 0 saturated heterocycles. The van der Waals surface area contributed by atoms with Crippen LogP contribution in [0.2, 0.25) is 0 Å². The van der Waals surface area contributed by atoms with E-state index in [1.54, 1.807) is 11.0 Å². The molecule has 33 heavy (non-hydrogen) atoms. The fourth-order valence-corrected chi connectivity index (χ4v) is 4.76. The maximum Gasteiger partial charge on any atom is 0.295 e. The lowest BCUT2D eigenvalue weighted by atomic mass is 9.94. The average Bonchev–Trinajstić information content (AvgIpc) is 2.83. The second kappa shape index (κ2) is 9.98. The van der Waals surface area contributed by atoms with E-state index in [4.69, 9.17) is 0 Å². The molecular formula is C26H30N4O3. The van der Waals surface area contributed by atoms with E-state index in [9.17, 15) is 14.4 Å². The number of nitrogens with one attached hydrogen (secondary N) is 1. The highest BCUT2D eigenvalue weighted by Gasteiger charge is 2.31. The number of carbonyl (C=O) groups excluding carboxylic acids is 2. The van der Waals surface area contributed by atoms with Crippen LogP contribution in [-0.4, -0.2) is 27.4 Å². The fraction of sp³-hybridized carbons (Fsp3) is 0.385. The molecule has 1 saturated carbocycles. The number of para-hydroxylation sites is 3. The van der Waals surface area contributed by atoms with Crippen molar-refractivity contribution in [2.75, 3.05) is 10.2 Å². The summed E-state index contributed by atoms with van der Waals surface area (Å²) in [7, 11) is 0. The van der Waals surface area contributed by atoms with Gasteiger partial charge in [-0.1, -0.05) is 56.5 Å². The minimum Gasteiger partial charge on any atom is -0.324 e. The van der Waals surface area contributed by atoms with Gasteiger partial charge in [-0.2, -0.15) is 0 Å². The van der Waals surface area contributed by atoms with Crippen LogP contribution in [-0.2, 0) is 9.59 Å². The Hall–Kier alpha value is -3.48. The van der Waals surface area contributed by atoms with Crippen molar-refractivity contribution >= 4 is 34.4 Å². The monoisotopic (exact) mass is 446 g/mol. The second-order valence-electron chi connectivity index (χ2n) is 8.56. The zero-order valence-corrected chi connectivity index (χ0v) is 19.2. The van der Waals surface area contributed by atoms with E-state index in [2.05, 4.69) is 10.3 Å². The molecule has 0 spiro atoms. The number of rotatable bonds is 6. The summed E-state index contributed by atoms with van der Waals surface area (Å²) in [6, 6.07) is 15.7. The lowest BCUT2D eigenvalue weighted by Crippen LogP contribution is -2.46. The zero-order chi connectivity index (χ0) is 23.4. The van der Waals surface area contributed by atoms with Gasteiger partial charge >= 0.3 is 0 Å². The van der Waals surface area contributed by atoms with E-state index in [-0.39, 0.29) is 23.7 Å². The summed E-state index contributed by atoms with van der Waals surface area (Å²) >= 11 is 0. The van der Waals surface area contributed by atoms with E-state index in [1.807, 2.05) is 55.5 Å². The standard InChI is InChI=1S/C26H30N4O3/c1-3-22(25(32)27-19-12-6-4-7-13-19)30-23-17-11-10-16-21(23)28-24(26(30)33)29(18(2)31)20-14-8-5-9-15-20/h4,6-7,10-13,16-17,20,22H,3,5,8-9,14-15H2,1-2H3,(H,27,32)/t22-/m1/s1. The molecule has 2 aromatic carbocycles. The van der Waals surface area contributed by atoms with Crippen LogP contribution < -0.4 is 15.8 Å². The van der Waals surface area contributed by atoms with Gasteiger partial charge in [-0.15, -0.1) is 0 Å². The summed E-state index contributed by atoms with van der Waals surface area (Å²) in [4.78, 5) is 46.1. The van der Waals surface area contributed by atoms with Gasteiger partial charge in [0.05, 0.1) is 11.0 Å². The summed E-state index contributed by atoms with van der Waals surface area (Å²) < 4.78 is 1.51. The minimum atomic E-state index is -0.746. The molecule has 1 aromatic heterocycles. The molecule has 0 radical (unpaired) electrons. The smallest absolute Gasteiger partial charge is 0.295 e. The highest BCUT2D eigenvalue weighted by atomic mass is 16.2. The van der Waals surface area contributed by atoms with E-state index in [1.165, 1.54) is 11.5 Å². The van der Waals surface area contributed by atoms with Crippen LogP contribution in [0.5, 0.6) is 0 Å². The summed E-state index contributed by atoms with van der Waals surface area (Å²) in [5.74, 6) is -0.366. The van der Waals surface area contributed by atoms with E-state index in [0.717, 1.165) is 32.1 Å². The van der Waals surface area contributed by atoms with E-state index < -0.39 is 11.6 Å². The number of carbonyl (C=O) groups is 2. The van der Waals surface area contributed by atoms with Gasteiger partial charge in [0, 0.05) is 18.7 Å². The topological polar surface area (TPSA) is 84.3 Å². The maximum absolute atomic E-state index is 13.9. The Kier molecular flexibility index (Phi) is 6.87. The van der Waals surface area contributed by atoms with E-state index in [0.29, 0.717) is 23.1 Å². The van der Waals surface area contributed by atoms with Gasteiger partial charge in [0.2, 0.25) is 17.6 Å². The highest BCUT2D eigenvalue weighted by molar-refractivity contribution is 5.95. The molecule has 2 amide bonds. The van der Waals surface area contributed by atoms with Crippen molar-refractivity contribution < 1.29 is 9.59 Å². The van der Waals surface area contributed by atoms with Crippen LogP contribution in [0.4, 0.5) is 11.5 Å². The number of fused-ring (bicyclic) bond motifs is 1. The summed E-state index contributed by atoms with van der Waals surface area (Å²) in [6.07, 6.45) is 5.28. The lowest BCUT2D eigenvalue weighted by molar-refractivity contribution is -0.119. The third kappa shape index (κ3) is 4.67. The predicted molar refractivity (Wildman–Crippen MR) is 130 cm³/mol. The number of anilines is 2. The third-order valence-corrected chi connectivity index (χ3v) is 6.33. The SMILES string of the molecule is CC[C@H](C(=O)Nc1ccccc1)n1c(=O)c(N(C(C)=O)C2CCCCC2)nc2ccccc21. The van der Waals surface area contributed by atoms with Crippen LogP contribution in [0.3, 0.4) is 0 Å².